The Bertz CT molecular complexity index is 604. The van der Waals surface area contributed by atoms with Crippen LogP contribution < -0.4 is 9.47 Å². The highest BCUT2D eigenvalue weighted by atomic mass is 16.6. The van der Waals surface area contributed by atoms with E-state index in [2.05, 4.69) is 4.98 Å². The van der Waals surface area contributed by atoms with Crippen molar-refractivity contribution in [2.45, 2.75) is 0 Å². The summed E-state index contributed by atoms with van der Waals surface area (Å²) in [6.45, 7) is 1.05. The van der Waals surface area contributed by atoms with Crippen molar-refractivity contribution in [3.8, 4) is 11.5 Å². The molecule has 0 spiro atoms. The average Bonchev–Trinajstić information content (AvgIpc) is 2.83. The largest absolute Gasteiger partial charge is 0.486 e. The number of hydrogen-bond acceptors (Lipinski definition) is 4. The van der Waals surface area contributed by atoms with Gasteiger partial charge in [-0.25, -0.2) is 4.98 Å². The van der Waals surface area contributed by atoms with Crippen LogP contribution in [0.5, 0.6) is 11.5 Å². The maximum atomic E-state index is 12.2. The molecule has 0 N–H and O–H groups in total. The summed E-state index contributed by atoms with van der Waals surface area (Å²) in [7, 11) is 1.79. The number of carbonyl (C=O) groups excluding carboxylic acids is 1. The molecule has 0 unspecified atom stereocenters. The third-order valence-corrected chi connectivity index (χ3v) is 2.83. The minimum atomic E-state index is -0.125. The highest BCUT2D eigenvalue weighted by molar-refractivity contribution is 6.07. The molecule has 2 aromatic rings. The zero-order valence-electron chi connectivity index (χ0n) is 9.92. The summed E-state index contributed by atoms with van der Waals surface area (Å²) in [6, 6.07) is 5.18. The number of ether oxygens (including phenoxy) is 2. The van der Waals surface area contributed by atoms with Crippen molar-refractivity contribution in [2.75, 3.05) is 13.2 Å². The number of rotatable bonds is 2. The molecule has 2 heterocycles. The van der Waals surface area contributed by atoms with Gasteiger partial charge in [0, 0.05) is 25.0 Å². The highest BCUT2D eigenvalue weighted by Crippen LogP contribution is 2.31. The van der Waals surface area contributed by atoms with E-state index in [0.717, 1.165) is 0 Å². The number of hydrogen-bond donors (Lipinski definition) is 0. The van der Waals surface area contributed by atoms with Crippen molar-refractivity contribution in [2.24, 2.45) is 7.05 Å². The molecule has 0 atom stereocenters. The third-order valence-electron chi connectivity index (χ3n) is 2.83. The topological polar surface area (TPSA) is 53.4 Å². The number of aromatic nitrogens is 2. The van der Waals surface area contributed by atoms with Crippen molar-refractivity contribution in [1.82, 2.24) is 9.55 Å². The number of fused-ring (bicyclic) bond motifs is 1. The van der Waals surface area contributed by atoms with Gasteiger partial charge in [-0.05, 0) is 18.2 Å². The summed E-state index contributed by atoms with van der Waals surface area (Å²) in [5.41, 5.74) is 0.550. The van der Waals surface area contributed by atoms with Gasteiger partial charge in [0.15, 0.2) is 17.3 Å². The second kappa shape index (κ2) is 4.18. The lowest BCUT2D eigenvalue weighted by Crippen LogP contribution is -2.16. The SMILES string of the molecule is Cn1ccnc1C(=O)c1ccc2c(c1)OCCO2. The van der Waals surface area contributed by atoms with Gasteiger partial charge >= 0.3 is 0 Å². The molecule has 0 fully saturated rings. The number of ketones is 1. The maximum Gasteiger partial charge on any atom is 0.228 e. The average molecular weight is 244 g/mol. The Hall–Kier alpha value is -2.30. The van der Waals surface area contributed by atoms with Crippen molar-refractivity contribution in [1.29, 1.82) is 0 Å². The van der Waals surface area contributed by atoms with E-state index < -0.39 is 0 Å². The summed E-state index contributed by atoms with van der Waals surface area (Å²) in [6.07, 6.45) is 3.34. The summed E-state index contributed by atoms with van der Waals surface area (Å²) >= 11 is 0. The Labute approximate surface area is 104 Å². The minimum Gasteiger partial charge on any atom is -0.486 e. The molecule has 0 aliphatic carbocycles. The molecule has 1 aromatic heterocycles. The number of benzene rings is 1. The first kappa shape index (κ1) is 10.8. The van der Waals surface area contributed by atoms with Gasteiger partial charge in [-0.3, -0.25) is 4.79 Å². The Kier molecular flexibility index (Phi) is 2.51. The van der Waals surface area contributed by atoms with Crippen LogP contribution in [0.1, 0.15) is 16.2 Å². The van der Waals surface area contributed by atoms with Gasteiger partial charge in [0.25, 0.3) is 0 Å². The van der Waals surface area contributed by atoms with Crippen LogP contribution in [0.4, 0.5) is 0 Å². The second-order valence-electron chi connectivity index (χ2n) is 4.05. The number of imidazole rings is 1. The van der Waals surface area contributed by atoms with E-state index in [-0.39, 0.29) is 5.78 Å². The zero-order valence-corrected chi connectivity index (χ0v) is 9.92. The van der Waals surface area contributed by atoms with E-state index in [9.17, 15) is 4.79 Å². The lowest BCUT2D eigenvalue weighted by molar-refractivity contribution is 0.102. The Morgan fingerprint density at radius 2 is 2.06 bits per heavy atom. The Morgan fingerprint density at radius 1 is 1.28 bits per heavy atom. The predicted octanol–water partition coefficient (Wildman–Crippen LogP) is 1.42. The van der Waals surface area contributed by atoms with E-state index in [1.807, 2.05) is 0 Å². The van der Waals surface area contributed by atoms with Crippen LogP contribution in [0.25, 0.3) is 0 Å². The summed E-state index contributed by atoms with van der Waals surface area (Å²) in [5.74, 6) is 1.57. The van der Waals surface area contributed by atoms with E-state index in [1.165, 1.54) is 0 Å². The molecule has 5 heteroatoms. The molecule has 0 radical (unpaired) electrons. The van der Waals surface area contributed by atoms with Gasteiger partial charge in [-0.1, -0.05) is 0 Å². The number of nitrogens with zero attached hydrogens (tertiary/aromatic N) is 2. The predicted molar refractivity (Wildman–Crippen MR) is 64.1 cm³/mol. The molecule has 1 aromatic carbocycles. The van der Waals surface area contributed by atoms with Crippen LogP contribution >= 0.6 is 0 Å². The molecule has 92 valence electrons. The number of aryl methyl sites for hydroxylation is 1. The van der Waals surface area contributed by atoms with Crippen LogP contribution in [-0.2, 0) is 7.05 Å². The van der Waals surface area contributed by atoms with E-state index >= 15 is 0 Å². The Morgan fingerprint density at radius 3 is 2.78 bits per heavy atom. The maximum absolute atomic E-state index is 12.2. The van der Waals surface area contributed by atoms with Gasteiger partial charge < -0.3 is 14.0 Å². The van der Waals surface area contributed by atoms with Crippen molar-refractivity contribution >= 4 is 5.78 Å². The molecule has 0 saturated carbocycles. The van der Waals surface area contributed by atoms with Gasteiger partial charge in [0.1, 0.15) is 13.2 Å². The summed E-state index contributed by atoms with van der Waals surface area (Å²) < 4.78 is 12.6. The van der Waals surface area contributed by atoms with Crippen LogP contribution in [0.2, 0.25) is 0 Å². The normalized spacial score (nSPS) is 13.4. The molecule has 0 bridgehead atoms. The van der Waals surface area contributed by atoms with Gasteiger partial charge in [0.2, 0.25) is 5.78 Å². The molecule has 5 nitrogen and oxygen atoms in total. The summed E-state index contributed by atoms with van der Waals surface area (Å²) in [4.78, 5) is 16.3. The van der Waals surface area contributed by atoms with E-state index in [4.69, 9.17) is 9.47 Å². The molecule has 18 heavy (non-hydrogen) atoms. The van der Waals surface area contributed by atoms with E-state index in [1.54, 1.807) is 42.2 Å². The van der Waals surface area contributed by atoms with Gasteiger partial charge in [-0.15, -0.1) is 0 Å². The molecular weight excluding hydrogens is 232 g/mol. The first-order valence-electron chi connectivity index (χ1n) is 5.67. The lowest BCUT2D eigenvalue weighted by atomic mass is 10.1. The van der Waals surface area contributed by atoms with Crippen LogP contribution in [0.15, 0.2) is 30.6 Å². The summed E-state index contributed by atoms with van der Waals surface area (Å²) in [5, 5.41) is 0. The van der Waals surface area contributed by atoms with Crippen molar-refractivity contribution < 1.29 is 14.3 Å². The van der Waals surface area contributed by atoms with Crippen LogP contribution in [-0.4, -0.2) is 28.5 Å². The molecule has 3 rings (SSSR count). The van der Waals surface area contributed by atoms with Gasteiger partial charge in [-0.2, -0.15) is 0 Å². The molecular formula is C13H12N2O3. The molecule has 0 saturated heterocycles. The molecule has 1 aliphatic rings. The standard InChI is InChI=1S/C13H12N2O3/c1-15-5-4-14-13(15)12(16)9-2-3-10-11(8-9)18-7-6-17-10/h2-5,8H,6-7H2,1H3. The smallest absolute Gasteiger partial charge is 0.228 e. The lowest BCUT2D eigenvalue weighted by Gasteiger charge is -2.18. The minimum absolute atomic E-state index is 0.125. The van der Waals surface area contributed by atoms with E-state index in [0.29, 0.717) is 36.1 Å². The zero-order chi connectivity index (χ0) is 12.5. The van der Waals surface area contributed by atoms with Crippen molar-refractivity contribution in [3.05, 3.63) is 42.0 Å². The first-order valence-corrected chi connectivity index (χ1v) is 5.67. The fourth-order valence-electron chi connectivity index (χ4n) is 1.90. The fourth-order valence-corrected chi connectivity index (χ4v) is 1.90. The quantitative estimate of drug-likeness (QED) is 0.750. The Balaban J connectivity index is 1.98. The fraction of sp³-hybridized carbons (Fsp3) is 0.231. The number of carbonyl (C=O) groups is 1. The monoisotopic (exact) mass is 244 g/mol. The van der Waals surface area contributed by atoms with Crippen LogP contribution in [0, 0.1) is 0 Å². The van der Waals surface area contributed by atoms with Gasteiger partial charge in [0.05, 0.1) is 0 Å². The molecule has 0 amide bonds. The van der Waals surface area contributed by atoms with Crippen LogP contribution in [0.3, 0.4) is 0 Å². The highest BCUT2D eigenvalue weighted by Gasteiger charge is 2.18. The molecule has 1 aliphatic heterocycles. The first-order chi connectivity index (χ1) is 8.75. The third kappa shape index (κ3) is 1.73. The van der Waals surface area contributed by atoms with Crippen molar-refractivity contribution in [3.63, 3.8) is 0 Å². The second-order valence-corrected chi connectivity index (χ2v) is 4.05.